The van der Waals surface area contributed by atoms with Gasteiger partial charge in [0.05, 0.1) is 5.56 Å². The van der Waals surface area contributed by atoms with Crippen LogP contribution in [0.3, 0.4) is 0 Å². The molecule has 0 spiro atoms. The van der Waals surface area contributed by atoms with Gasteiger partial charge in [-0.15, -0.1) is 0 Å². The first kappa shape index (κ1) is 14.5. The lowest BCUT2D eigenvalue weighted by molar-refractivity contribution is -0.137. The van der Waals surface area contributed by atoms with Crippen LogP contribution in [0.1, 0.15) is 17.5 Å². The zero-order valence-corrected chi connectivity index (χ0v) is 11.4. The van der Waals surface area contributed by atoms with E-state index in [4.69, 9.17) is 5.73 Å². The Bertz CT molecular complexity index is 426. The summed E-state index contributed by atoms with van der Waals surface area (Å²) in [5.41, 5.74) is 5.66. The summed E-state index contributed by atoms with van der Waals surface area (Å²) in [5.74, 6) is 1.88. The molecule has 0 atom stereocenters. The Morgan fingerprint density at radius 2 is 2.00 bits per heavy atom. The lowest BCUT2D eigenvalue weighted by atomic mass is 10.1. The van der Waals surface area contributed by atoms with Crippen LogP contribution in [-0.2, 0) is 12.7 Å². The van der Waals surface area contributed by atoms with E-state index >= 15 is 0 Å². The zero-order chi connectivity index (χ0) is 13.9. The molecule has 0 unspecified atom stereocenters. The van der Waals surface area contributed by atoms with Crippen molar-refractivity contribution in [2.45, 2.75) is 19.1 Å². The molecule has 1 aliphatic heterocycles. The Morgan fingerprint density at radius 1 is 1.21 bits per heavy atom. The number of rotatable bonds is 2. The summed E-state index contributed by atoms with van der Waals surface area (Å²) in [4.78, 5) is 1.84. The van der Waals surface area contributed by atoms with Gasteiger partial charge < -0.3 is 10.6 Å². The molecule has 6 heteroatoms. The molecule has 0 aliphatic carbocycles. The van der Waals surface area contributed by atoms with Gasteiger partial charge in [-0.2, -0.15) is 24.9 Å². The minimum Gasteiger partial charge on any atom is -0.370 e. The molecular weight excluding hydrogens is 273 g/mol. The molecule has 106 valence electrons. The summed E-state index contributed by atoms with van der Waals surface area (Å²) in [5, 5.41) is 0. The molecule has 1 aromatic rings. The SMILES string of the molecule is NCc1ccc(N2CCCSCC2)c(C(F)(F)F)c1. The monoisotopic (exact) mass is 290 g/mol. The van der Waals surface area contributed by atoms with Gasteiger partial charge in [-0.25, -0.2) is 0 Å². The van der Waals surface area contributed by atoms with Crippen molar-refractivity contribution in [2.24, 2.45) is 5.73 Å². The van der Waals surface area contributed by atoms with Crippen LogP contribution in [0, 0.1) is 0 Å². The van der Waals surface area contributed by atoms with E-state index in [1.54, 1.807) is 23.9 Å². The molecule has 0 radical (unpaired) electrons. The van der Waals surface area contributed by atoms with Crippen LogP contribution < -0.4 is 10.6 Å². The first-order chi connectivity index (χ1) is 9.02. The number of alkyl halides is 3. The molecule has 0 bridgehead atoms. The van der Waals surface area contributed by atoms with Gasteiger partial charge in [0.25, 0.3) is 0 Å². The molecule has 1 aromatic carbocycles. The predicted octanol–water partition coefficient (Wildman–Crippen LogP) is 3.11. The Hall–Kier alpha value is -0.880. The number of hydrogen-bond acceptors (Lipinski definition) is 3. The van der Waals surface area contributed by atoms with Gasteiger partial charge in [0.15, 0.2) is 0 Å². The summed E-state index contributed by atoms with van der Waals surface area (Å²) < 4.78 is 39.4. The summed E-state index contributed by atoms with van der Waals surface area (Å²) in [6.07, 6.45) is -3.42. The standard InChI is InChI=1S/C13H17F3N2S/c14-13(15,16)11-8-10(9-17)2-3-12(11)18-4-1-6-19-7-5-18/h2-3,8H,1,4-7,9,17H2. The van der Waals surface area contributed by atoms with Gasteiger partial charge in [-0.3, -0.25) is 0 Å². The molecule has 0 amide bonds. The van der Waals surface area contributed by atoms with Crippen molar-refractivity contribution in [3.05, 3.63) is 29.3 Å². The maximum atomic E-state index is 13.1. The number of nitrogens with zero attached hydrogens (tertiary/aromatic N) is 1. The van der Waals surface area contributed by atoms with Crippen molar-refractivity contribution < 1.29 is 13.2 Å². The highest BCUT2D eigenvalue weighted by atomic mass is 32.2. The van der Waals surface area contributed by atoms with Crippen LogP contribution in [-0.4, -0.2) is 24.6 Å². The van der Waals surface area contributed by atoms with E-state index in [1.165, 1.54) is 6.07 Å². The topological polar surface area (TPSA) is 29.3 Å². The van der Waals surface area contributed by atoms with Crippen LogP contribution in [0.4, 0.5) is 18.9 Å². The van der Waals surface area contributed by atoms with E-state index in [-0.39, 0.29) is 12.2 Å². The van der Waals surface area contributed by atoms with E-state index in [2.05, 4.69) is 0 Å². The average Bonchev–Trinajstić information content (AvgIpc) is 2.65. The summed E-state index contributed by atoms with van der Waals surface area (Å²) in [6, 6.07) is 4.41. The highest BCUT2D eigenvalue weighted by Gasteiger charge is 2.35. The molecule has 1 fully saturated rings. The number of halogens is 3. The molecule has 1 heterocycles. The Morgan fingerprint density at radius 3 is 2.68 bits per heavy atom. The van der Waals surface area contributed by atoms with Crippen molar-refractivity contribution in [1.29, 1.82) is 0 Å². The molecule has 2 N–H and O–H groups in total. The normalized spacial score (nSPS) is 17.4. The molecular formula is C13H17F3N2S. The Balaban J connectivity index is 2.37. The van der Waals surface area contributed by atoms with Crippen LogP contribution >= 0.6 is 11.8 Å². The fourth-order valence-electron chi connectivity index (χ4n) is 2.20. The van der Waals surface area contributed by atoms with Crippen molar-refractivity contribution in [2.75, 3.05) is 29.5 Å². The van der Waals surface area contributed by atoms with E-state index in [1.807, 2.05) is 4.90 Å². The lowest BCUT2D eigenvalue weighted by Gasteiger charge is -2.26. The van der Waals surface area contributed by atoms with Crippen molar-refractivity contribution in [1.82, 2.24) is 0 Å². The molecule has 2 nitrogen and oxygen atoms in total. The van der Waals surface area contributed by atoms with E-state index in [0.717, 1.165) is 17.9 Å². The van der Waals surface area contributed by atoms with Gasteiger partial charge in [-0.1, -0.05) is 6.07 Å². The zero-order valence-electron chi connectivity index (χ0n) is 10.5. The fraction of sp³-hybridized carbons (Fsp3) is 0.538. The molecule has 2 rings (SSSR count). The highest BCUT2D eigenvalue weighted by Crippen LogP contribution is 2.37. The van der Waals surface area contributed by atoms with Gasteiger partial charge in [0, 0.05) is 31.1 Å². The van der Waals surface area contributed by atoms with Crippen molar-refractivity contribution >= 4 is 17.4 Å². The number of benzene rings is 1. The van der Waals surface area contributed by atoms with E-state index in [0.29, 0.717) is 18.7 Å². The first-order valence-electron chi connectivity index (χ1n) is 6.25. The predicted molar refractivity (Wildman–Crippen MR) is 73.5 cm³/mol. The second-order valence-electron chi connectivity index (χ2n) is 4.51. The molecule has 0 aromatic heterocycles. The van der Waals surface area contributed by atoms with E-state index < -0.39 is 11.7 Å². The van der Waals surface area contributed by atoms with Crippen molar-refractivity contribution in [3.8, 4) is 0 Å². The average molecular weight is 290 g/mol. The first-order valence-corrected chi connectivity index (χ1v) is 7.40. The minimum atomic E-state index is -4.33. The summed E-state index contributed by atoms with van der Waals surface area (Å²) in [6.45, 7) is 1.47. The molecule has 1 saturated heterocycles. The third kappa shape index (κ3) is 3.57. The van der Waals surface area contributed by atoms with Gasteiger partial charge in [0.1, 0.15) is 0 Å². The maximum Gasteiger partial charge on any atom is 0.418 e. The van der Waals surface area contributed by atoms with Crippen LogP contribution in [0.25, 0.3) is 0 Å². The Kier molecular flexibility index (Phi) is 4.62. The van der Waals surface area contributed by atoms with Crippen LogP contribution in [0.15, 0.2) is 18.2 Å². The number of hydrogen-bond donors (Lipinski definition) is 1. The lowest BCUT2D eigenvalue weighted by Crippen LogP contribution is -2.28. The number of nitrogens with two attached hydrogens (primary N) is 1. The van der Waals surface area contributed by atoms with Crippen molar-refractivity contribution in [3.63, 3.8) is 0 Å². The molecule has 19 heavy (non-hydrogen) atoms. The van der Waals surface area contributed by atoms with E-state index in [9.17, 15) is 13.2 Å². The smallest absolute Gasteiger partial charge is 0.370 e. The van der Waals surface area contributed by atoms with Gasteiger partial charge >= 0.3 is 6.18 Å². The second-order valence-corrected chi connectivity index (χ2v) is 5.73. The minimum absolute atomic E-state index is 0.124. The largest absolute Gasteiger partial charge is 0.418 e. The maximum absolute atomic E-state index is 13.1. The van der Waals surface area contributed by atoms with Crippen LogP contribution in [0.5, 0.6) is 0 Å². The second kappa shape index (κ2) is 6.05. The third-order valence-electron chi connectivity index (χ3n) is 3.17. The number of thioether (sulfide) groups is 1. The Labute approximate surface area is 115 Å². The van der Waals surface area contributed by atoms with Gasteiger partial charge in [0.2, 0.25) is 0 Å². The quantitative estimate of drug-likeness (QED) is 0.907. The fourth-order valence-corrected chi connectivity index (χ4v) is 3.09. The molecule has 0 saturated carbocycles. The highest BCUT2D eigenvalue weighted by molar-refractivity contribution is 7.99. The number of anilines is 1. The summed E-state index contributed by atoms with van der Waals surface area (Å²) in [7, 11) is 0. The van der Waals surface area contributed by atoms with Crippen LogP contribution in [0.2, 0.25) is 0 Å². The summed E-state index contributed by atoms with van der Waals surface area (Å²) >= 11 is 1.79. The molecule has 1 aliphatic rings. The third-order valence-corrected chi connectivity index (χ3v) is 4.21. The van der Waals surface area contributed by atoms with Gasteiger partial charge in [-0.05, 0) is 29.9 Å².